The number of rotatable bonds is 7. The first kappa shape index (κ1) is 14.1. The fourth-order valence-corrected chi connectivity index (χ4v) is 1.52. The quantitative estimate of drug-likeness (QED) is 0.229. The zero-order valence-electron chi connectivity index (χ0n) is 10.3. The number of methoxy groups -OCH3 is 1. The molecule has 0 aromatic heterocycles. The maximum Gasteiger partial charge on any atom is 0.144 e. The van der Waals surface area contributed by atoms with Gasteiger partial charge < -0.3 is 21.0 Å². The Labute approximate surface area is 105 Å². The average Bonchev–Trinajstić information content (AvgIpc) is 2.39. The number of halogens is 1. The molecule has 100 valence electrons. The fourth-order valence-electron chi connectivity index (χ4n) is 1.52. The normalized spacial score (nSPS) is 11.3. The second-order valence-electron chi connectivity index (χ2n) is 3.82. The van der Waals surface area contributed by atoms with Gasteiger partial charge in [0.2, 0.25) is 0 Å². The van der Waals surface area contributed by atoms with Crippen LogP contribution in [0.25, 0.3) is 0 Å². The highest BCUT2D eigenvalue weighted by Crippen LogP contribution is 2.24. The molecule has 1 aromatic carbocycles. The lowest BCUT2D eigenvalue weighted by Crippen LogP contribution is -2.12. The molecule has 1 aromatic rings. The SMILES string of the molecule is COc1cc(F)ccc1NCCCCC(N)=NO. The lowest BCUT2D eigenvalue weighted by Gasteiger charge is -2.10. The molecule has 0 aliphatic carbocycles. The van der Waals surface area contributed by atoms with Crippen LogP contribution < -0.4 is 15.8 Å². The predicted octanol–water partition coefficient (Wildman–Crippen LogP) is 2.16. The van der Waals surface area contributed by atoms with Crippen LogP contribution in [0.1, 0.15) is 19.3 Å². The molecule has 6 heteroatoms. The molecule has 18 heavy (non-hydrogen) atoms. The van der Waals surface area contributed by atoms with Crippen molar-refractivity contribution in [3.05, 3.63) is 24.0 Å². The van der Waals surface area contributed by atoms with Gasteiger partial charge in [0.1, 0.15) is 17.4 Å². The molecule has 0 amide bonds. The van der Waals surface area contributed by atoms with Crippen molar-refractivity contribution in [2.75, 3.05) is 19.0 Å². The minimum absolute atomic E-state index is 0.231. The Balaban J connectivity index is 2.35. The van der Waals surface area contributed by atoms with E-state index in [2.05, 4.69) is 10.5 Å². The number of amidine groups is 1. The number of hydrogen-bond donors (Lipinski definition) is 3. The van der Waals surface area contributed by atoms with Gasteiger partial charge in [0.25, 0.3) is 0 Å². The highest BCUT2D eigenvalue weighted by atomic mass is 19.1. The van der Waals surface area contributed by atoms with E-state index in [0.29, 0.717) is 18.7 Å². The molecule has 0 saturated carbocycles. The number of nitrogens with two attached hydrogens (primary N) is 1. The largest absolute Gasteiger partial charge is 0.494 e. The van der Waals surface area contributed by atoms with Crippen LogP contribution in [0.15, 0.2) is 23.4 Å². The van der Waals surface area contributed by atoms with Crippen LogP contribution in [0.2, 0.25) is 0 Å². The van der Waals surface area contributed by atoms with Gasteiger partial charge in [-0.3, -0.25) is 0 Å². The molecule has 1 rings (SSSR count). The monoisotopic (exact) mass is 255 g/mol. The minimum Gasteiger partial charge on any atom is -0.494 e. The molecule has 0 atom stereocenters. The standard InChI is InChI=1S/C12H18FN3O2/c1-18-11-8-9(13)5-6-10(11)15-7-3-2-4-12(14)16-17/h5-6,8,15,17H,2-4,7H2,1H3,(H2,14,16). The molecule has 0 heterocycles. The van der Waals surface area contributed by atoms with Crippen LogP contribution in [0.3, 0.4) is 0 Å². The lowest BCUT2D eigenvalue weighted by atomic mass is 10.2. The molecular weight excluding hydrogens is 237 g/mol. The number of ether oxygens (including phenoxy) is 1. The van der Waals surface area contributed by atoms with Crippen LogP contribution in [0.5, 0.6) is 5.75 Å². The van der Waals surface area contributed by atoms with E-state index in [-0.39, 0.29) is 11.7 Å². The third-order valence-electron chi connectivity index (χ3n) is 2.47. The van der Waals surface area contributed by atoms with E-state index in [9.17, 15) is 4.39 Å². The molecule has 0 spiro atoms. The number of nitrogens with one attached hydrogen (secondary N) is 1. The first-order valence-electron chi connectivity index (χ1n) is 5.71. The van der Waals surface area contributed by atoms with Crippen molar-refractivity contribution < 1.29 is 14.3 Å². The summed E-state index contributed by atoms with van der Waals surface area (Å²) < 4.78 is 18.0. The minimum atomic E-state index is -0.329. The van der Waals surface area contributed by atoms with E-state index in [1.807, 2.05) is 0 Å². The number of benzene rings is 1. The predicted molar refractivity (Wildman–Crippen MR) is 68.7 cm³/mol. The number of hydrogen-bond acceptors (Lipinski definition) is 4. The Bertz CT molecular complexity index is 410. The maximum absolute atomic E-state index is 12.9. The Morgan fingerprint density at radius 3 is 2.94 bits per heavy atom. The van der Waals surface area contributed by atoms with Gasteiger partial charge in [-0.1, -0.05) is 5.16 Å². The molecule has 0 fully saturated rings. The summed E-state index contributed by atoms with van der Waals surface area (Å²) in [7, 11) is 1.50. The van der Waals surface area contributed by atoms with Gasteiger partial charge in [0.05, 0.1) is 12.8 Å². The number of nitrogens with zero attached hydrogens (tertiary/aromatic N) is 1. The Morgan fingerprint density at radius 2 is 2.28 bits per heavy atom. The van der Waals surface area contributed by atoms with E-state index < -0.39 is 0 Å². The highest BCUT2D eigenvalue weighted by Gasteiger charge is 2.03. The molecule has 5 nitrogen and oxygen atoms in total. The zero-order chi connectivity index (χ0) is 13.4. The summed E-state index contributed by atoms with van der Waals surface area (Å²) in [6.45, 7) is 0.709. The smallest absolute Gasteiger partial charge is 0.144 e. The first-order valence-corrected chi connectivity index (χ1v) is 5.71. The van der Waals surface area contributed by atoms with Crippen LogP contribution in [-0.4, -0.2) is 24.7 Å². The average molecular weight is 255 g/mol. The van der Waals surface area contributed by atoms with Crippen molar-refractivity contribution in [2.24, 2.45) is 10.9 Å². The van der Waals surface area contributed by atoms with E-state index in [1.165, 1.54) is 19.2 Å². The first-order chi connectivity index (χ1) is 8.67. The van der Waals surface area contributed by atoms with Crippen molar-refractivity contribution in [1.29, 1.82) is 0 Å². The van der Waals surface area contributed by atoms with Gasteiger partial charge in [-0.15, -0.1) is 0 Å². The summed E-state index contributed by atoms with van der Waals surface area (Å²) in [4.78, 5) is 0. The van der Waals surface area contributed by atoms with E-state index in [1.54, 1.807) is 6.07 Å². The van der Waals surface area contributed by atoms with Gasteiger partial charge in [0.15, 0.2) is 0 Å². The van der Waals surface area contributed by atoms with Crippen LogP contribution in [-0.2, 0) is 0 Å². The summed E-state index contributed by atoms with van der Waals surface area (Å²) >= 11 is 0. The third-order valence-corrected chi connectivity index (χ3v) is 2.47. The van der Waals surface area contributed by atoms with Crippen molar-refractivity contribution in [1.82, 2.24) is 0 Å². The Kier molecular flexibility index (Phi) is 5.76. The van der Waals surface area contributed by atoms with Gasteiger partial charge >= 0.3 is 0 Å². The van der Waals surface area contributed by atoms with Crippen molar-refractivity contribution >= 4 is 11.5 Å². The molecule has 4 N–H and O–H groups in total. The molecular formula is C12H18FN3O2. The highest BCUT2D eigenvalue weighted by molar-refractivity contribution is 5.79. The van der Waals surface area contributed by atoms with Crippen molar-refractivity contribution in [3.8, 4) is 5.75 Å². The van der Waals surface area contributed by atoms with E-state index in [4.69, 9.17) is 15.7 Å². The second kappa shape index (κ2) is 7.37. The Hall–Kier alpha value is -1.98. The summed E-state index contributed by atoms with van der Waals surface area (Å²) in [6.07, 6.45) is 2.22. The van der Waals surface area contributed by atoms with E-state index in [0.717, 1.165) is 18.5 Å². The zero-order valence-corrected chi connectivity index (χ0v) is 10.3. The van der Waals surface area contributed by atoms with E-state index >= 15 is 0 Å². The number of anilines is 1. The number of oxime groups is 1. The van der Waals surface area contributed by atoms with Crippen LogP contribution in [0.4, 0.5) is 10.1 Å². The molecule has 0 bridgehead atoms. The van der Waals surface area contributed by atoms with Gasteiger partial charge in [-0.2, -0.15) is 0 Å². The summed E-state index contributed by atoms with van der Waals surface area (Å²) in [6, 6.07) is 4.34. The molecule has 0 aliphatic rings. The fraction of sp³-hybridized carbons (Fsp3) is 0.417. The lowest BCUT2D eigenvalue weighted by molar-refractivity contribution is 0.316. The molecule has 0 saturated heterocycles. The Morgan fingerprint density at radius 1 is 1.50 bits per heavy atom. The van der Waals surface area contributed by atoms with Gasteiger partial charge in [-0.25, -0.2) is 4.39 Å². The third kappa shape index (κ3) is 4.48. The van der Waals surface area contributed by atoms with Crippen molar-refractivity contribution in [2.45, 2.75) is 19.3 Å². The summed E-state index contributed by atoms with van der Waals surface area (Å²) in [5, 5.41) is 14.4. The molecule has 0 aliphatic heterocycles. The van der Waals surface area contributed by atoms with Crippen molar-refractivity contribution in [3.63, 3.8) is 0 Å². The summed E-state index contributed by atoms with van der Waals surface area (Å²) in [5.41, 5.74) is 6.10. The maximum atomic E-state index is 12.9. The van der Waals surface area contributed by atoms with Crippen LogP contribution >= 0.6 is 0 Å². The molecule has 0 unspecified atom stereocenters. The van der Waals surface area contributed by atoms with Crippen LogP contribution in [0, 0.1) is 5.82 Å². The second-order valence-corrected chi connectivity index (χ2v) is 3.82. The summed E-state index contributed by atoms with van der Waals surface area (Å²) in [5.74, 6) is 0.380. The van der Waals surface area contributed by atoms with Gasteiger partial charge in [0, 0.05) is 19.0 Å². The van der Waals surface area contributed by atoms with Gasteiger partial charge in [-0.05, 0) is 25.0 Å². The number of unbranched alkanes of at least 4 members (excludes halogenated alkanes) is 1. The topological polar surface area (TPSA) is 79.9 Å². The molecule has 0 radical (unpaired) electrons.